The van der Waals surface area contributed by atoms with Gasteiger partial charge in [-0.3, -0.25) is 4.99 Å². The number of rotatable bonds is 2. The normalized spacial score (nSPS) is 17.3. The molecule has 0 radical (unpaired) electrons. The van der Waals surface area contributed by atoms with E-state index in [0.717, 1.165) is 0 Å². The lowest BCUT2D eigenvalue weighted by Crippen LogP contribution is -1.94. The Balaban J connectivity index is 1.76. The molecule has 19 heavy (non-hydrogen) atoms. The van der Waals surface area contributed by atoms with Gasteiger partial charge in [-0.15, -0.1) is 0 Å². The van der Waals surface area contributed by atoms with Gasteiger partial charge in [0.05, 0.1) is 5.71 Å². The summed E-state index contributed by atoms with van der Waals surface area (Å²) < 4.78 is 0. The molecule has 0 saturated carbocycles. The minimum absolute atomic E-state index is 0.256. The molecule has 1 heterocycles. The van der Waals surface area contributed by atoms with E-state index in [1.165, 1.54) is 27.6 Å². The Kier molecular flexibility index (Phi) is 2.25. The van der Waals surface area contributed by atoms with E-state index in [1.807, 2.05) is 6.07 Å². The minimum atomic E-state index is 0.256. The van der Waals surface area contributed by atoms with Gasteiger partial charge in [-0.1, -0.05) is 72.8 Å². The Bertz CT molecular complexity index is 767. The van der Waals surface area contributed by atoms with E-state index in [2.05, 4.69) is 71.7 Å². The third-order valence-corrected chi connectivity index (χ3v) is 3.64. The van der Waals surface area contributed by atoms with Gasteiger partial charge in [-0.2, -0.15) is 0 Å². The summed E-state index contributed by atoms with van der Waals surface area (Å²) in [7, 11) is 0. The van der Waals surface area contributed by atoms with E-state index in [1.54, 1.807) is 0 Å². The zero-order valence-corrected chi connectivity index (χ0v) is 10.5. The smallest absolute Gasteiger partial charge is 0.118 e. The van der Waals surface area contributed by atoms with Crippen molar-refractivity contribution >= 4 is 16.5 Å². The molecule has 1 nitrogen and oxygen atoms in total. The molecule has 1 aliphatic heterocycles. The summed E-state index contributed by atoms with van der Waals surface area (Å²) in [4.78, 5) is 4.66. The van der Waals surface area contributed by atoms with Crippen LogP contribution >= 0.6 is 0 Å². The SMILES string of the molecule is c1ccc(C2N=C2c2cccc3ccccc23)cc1. The summed E-state index contributed by atoms with van der Waals surface area (Å²) in [6.45, 7) is 0. The Morgan fingerprint density at radius 3 is 2.32 bits per heavy atom. The lowest BCUT2D eigenvalue weighted by atomic mass is 9.98. The highest BCUT2D eigenvalue weighted by Gasteiger charge is 2.31. The summed E-state index contributed by atoms with van der Waals surface area (Å²) in [6.07, 6.45) is 0. The van der Waals surface area contributed by atoms with Crippen LogP contribution in [0.15, 0.2) is 77.8 Å². The maximum Gasteiger partial charge on any atom is 0.118 e. The minimum Gasteiger partial charge on any atom is -0.272 e. The molecule has 90 valence electrons. The van der Waals surface area contributed by atoms with Gasteiger partial charge in [-0.25, -0.2) is 0 Å². The van der Waals surface area contributed by atoms with E-state index in [0.29, 0.717) is 0 Å². The van der Waals surface area contributed by atoms with Crippen molar-refractivity contribution in [3.05, 3.63) is 83.9 Å². The summed E-state index contributed by atoms with van der Waals surface area (Å²) in [5, 5.41) is 2.57. The van der Waals surface area contributed by atoms with Gasteiger partial charge in [0.25, 0.3) is 0 Å². The highest BCUT2D eigenvalue weighted by Crippen LogP contribution is 2.37. The molecule has 1 aliphatic rings. The van der Waals surface area contributed by atoms with Crippen molar-refractivity contribution in [1.29, 1.82) is 0 Å². The first-order valence-corrected chi connectivity index (χ1v) is 6.54. The third kappa shape index (κ3) is 1.75. The summed E-state index contributed by atoms with van der Waals surface area (Å²) in [5.74, 6) is 0. The van der Waals surface area contributed by atoms with Gasteiger partial charge in [0, 0.05) is 5.56 Å². The van der Waals surface area contributed by atoms with Crippen LogP contribution in [0, 0.1) is 0 Å². The average Bonchev–Trinajstić information content (AvgIpc) is 3.28. The third-order valence-electron chi connectivity index (χ3n) is 3.64. The highest BCUT2D eigenvalue weighted by atomic mass is 15.0. The van der Waals surface area contributed by atoms with Crippen LogP contribution in [0.5, 0.6) is 0 Å². The second-order valence-electron chi connectivity index (χ2n) is 4.85. The van der Waals surface area contributed by atoms with E-state index in [9.17, 15) is 0 Å². The second kappa shape index (κ2) is 4.06. The molecule has 0 spiro atoms. The van der Waals surface area contributed by atoms with Crippen molar-refractivity contribution in [3.8, 4) is 0 Å². The molecule has 0 fully saturated rings. The van der Waals surface area contributed by atoms with Crippen molar-refractivity contribution in [2.24, 2.45) is 4.99 Å². The van der Waals surface area contributed by atoms with E-state index in [-0.39, 0.29) is 6.04 Å². The molecule has 0 saturated heterocycles. The summed E-state index contributed by atoms with van der Waals surface area (Å²) in [6, 6.07) is 25.7. The number of nitrogens with zero attached hydrogens (tertiary/aromatic N) is 1. The van der Waals surface area contributed by atoms with Gasteiger partial charge >= 0.3 is 0 Å². The molecule has 0 aliphatic carbocycles. The van der Waals surface area contributed by atoms with Crippen molar-refractivity contribution in [2.75, 3.05) is 0 Å². The number of hydrogen-bond donors (Lipinski definition) is 0. The fourth-order valence-electron chi connectivity index (χ4n) is 2.64. The zero-order valence-electron chi connectivity index (χ0n) is 10.5. The van der Waals surface area contributed by atoms with Crippen LogP contribution in [-0.4, -0.2) is 5.71 Å². The van der Waals surface area contributed by atoms with Crippen molar-refractivity contribution in [1.82, 2.24) is 0 Å². The van der Waals surface area contributed by atoms with E-state index >= 15 is 0 Å². The van der Waals surface area contributed by atoms with Crippen LogP contribution in [-0.2, 0) is 0 Å². The summed E-state index contributed by atoms with van der Waals surface area (Å²) in [5.41, 5.74) is 3.76. The predicted molar refractivity (Wildman–Crippen MR) is 79.7 cm³/mol. The van der Waals surface area contributed by atoms with Gasteiger partial charge in [0.15, 0.2) is 0 Å². The van der Waals surface area contributed by atoms with Crippen LogP contribution < -0.4 is 0 Å². The molecule has 3 aromatic carbocycles. The fraction of sp³-hybridized carbons (Fsp3) is 0.0556. The lowest BCUT2D eigenvalue weighted by Gasteiger charge is -2.03. The standard InChI is InChI=1S/C18H13N/c1-2-8-14(9-3-1)17-18(19-17)16-12-6-10-13-7-4-5-11-15(13)16/h1-12,17H. The van der Waals surface area contributed by atoms with E-state index < -0.39 is 0 Å². The van der Waals surface area contributed by atoms with Gasteiger partial charge in [0.1, 0.15) is 6.04 Å². The van der Waals surface area contributed by atoms with Crippen LogP contribution in [0.1, 0.15) is 17.2 Å². The van der Waals surface area contributed by atoms with Gasteiger partial charge < -0.3 is 0 Å². The zero-order chi connectivity index (χ0) is 12.7. The molecule has 1 atom stereocenters. The molecule has 0 N–H and O–H groups in total. The Labute approximate surface area is 112 Å². The van der Waals surface area contributed by atoms with Crippen LogP contribution in [0.25, 0.3) is 10.8 Å². The number of hydrogen-bond acceptors (Lipinski definition) is 1. The number of fused-ring (bicyclic) bond motifs is 1. The number of aliphatic imine (C=N–C) groups is 1. The molecule has 3 aromatic rings. The first-order valence-electron chi connectivity index (χ1n) is 6.54. The predicted octanol–water partition coefficient (Wildman–Crippen LogP) is 4.38. The molecular formula is C18H13N. The molecule has 4 rings (SSSR count). The highest BCUT2D eigenvalue weighted by molar-refractivity contribution is 6.20. The maximum absolute atomic E-state index is 4.66. The van der Waals surface area contributed by atoms with Crippen LogP contribution in [0.4, 0.5) is 0 Å². The van der Waals surface area contributed by atoms with Crippen molar-refractivity contribution in [3.63, 3.8) is 0 Å². The Morgan fingerprint density at radius 2 is 1.42 bits per heavy atom. The van der Waals surface area contributed by atoms with Crippen molar-refractivity contribution in [2.45, 2.75) is 6.04 Å². The first kappa shape index (κ1) is 10.5. The molecule has 1 unspecified atom stereocenters. The fourth-order valence-corrected chi connectivity index (χ4v) is 2.64. The molecular weight excluding hydrogens is 230 g/mol. The van der Waals surface area contributed by atoms with Crippen LogP contribution in [0.3, 0.4) is 0 Å². The largest absolute Gasteiger partial charge is 0.272 e. The number of benzene rings is 3. The van der Waals surface area contributed by atoms with Gasteiger partial charge in [-0.05, 0) is 16.3 Å². The lowest BCUT2D eigenvalue weighted by molar-refractivity contribution is 1.13. The Hall–Kier alpha value is -2.41. The topological polar surface area (TPSA) is 12.4 Å². The summed E-state index contributed by atoms with van der Waals surface area (Å²) >= 11 is 0. The molecule has 0 aromatic heterocycles. The quantitative estimate of drug-likeness (QED) is 0.633. The first-order chi connectivity index (χ1) is 9.43. The molecule has 1 heteroatoms. The molecule has 0 amide bonds. The Morgan fingerprint density at radius 1 is 0.684 bits per heavy atom. The van der Waals surface area contributed by atoms with Crippen molar-refractivity contribution < 1.29 is 0 Å². The van der Waals surface area contributed by atoms with Gasteiger partial charge in [0.2, 0.25) is 0 Å². The second-order valence-corrected chi connectivity index (χ2v) is 4.85. The van der Waals surface area contributed by atoms with Crippen LogP contribution in [0.2, 0.25) is 0 Å². The van der Waals surface area contributed by atoms with E-state index in [4.69, 9.17) is 0 Å². The monoisotopic (exact) mass is 243 g/mol. The average molecular weight is 243 g/mol. The maximum atomic E-state index is 4.66. The molecule has 0 bridgehead atoms.